The number of hydrogen-bond acceptors (Lipinski definition) is 5. The summed E-state index contributed by atoms with van der Waals surface area (Å²) >= 11 is 7.73. The van der Waals surface area contributed by atoms with E-state index in [0.717, 1.165) is 65.9 Å². The number of carbonyl (C=O) groups is 2. The third-order valence-corrected chi connectivity index (χ3v) is 10.3. The van der Waals surface area contributed by atoms with Crippen molar-refractivity contribution in [1.82, 2.24) is 10.2 Å². The zero-order valence-electron chi connectivity index (χ0n) is 27.3. The number of rotatable bonds is 9. The second kappa shape index (κ2) is 14.8. The Kier molecular flexibility index (Phi) is 10.4. The lowest BCUT2D eigenvalue weighted by Gasteiger charge is -2.37. The molecule has 2 aliphatic heterocycles. The van der Waals surface area contributed by atoms with Crippen molar-refractivity contribution in [3.05, 3.63) is 128 Å². The van der Waals surface area contributed by atoms with E-state index in [0.29, 0.717) is 23.6 Å². The third-order valence-electron chi connectivity index (χ3n) is 8.96. The highest BCUT2D eigenvalue weighted by atomic mass is 35.5. The van der Waals surface area contributed by atoms with Crippen LogP contribution in [0.15, 0.2) is 94.7 Å². The summed E-state index contributed by atoms with van der Waals surface area (Å²) in [7, 11) is 0. The highest BCUT2D eigenvalue weighted by molar-refractivity contribution is 8.04. The lowest BCUT2D eigenvalue weighted by Crippen LogP contribution is -2.47. The minimum Gasteiger partial charge on any atom is -0.369 e. The van der Waals surface area contributed by atoms with Crippen molar-refractivity contribution in [2.45, 2.75) is 38.6 Å². The molecular weight excluding hydrogens is 624 g/mol. The number of nitrogens with zero attached hydrogens (tertiary/aromatic N) is 3. The Balaban J connectivity index is 1.02. The Labute approximate surface area is 287 Å². The van der Waals surface area contributed by atoms with E-state index >= 15 is 0 Å². The maximum Gasteiger partial charge on any atom is 0.265 e. The molecule has 6 nitrogen and oxygen atoms in total. The van der Waals surface area contributed by atoms with Crippen molar-refractivity contribution in [1.29, 1.82) is 0 Å². The molecule has 0 radical (unpaired) electrons. The summed E-state index contributed by atoms with van der Waals surface area (Å²) in [6.07, 6.45) is 2.82. The second-order valence-electron chi connectivity index (χ2n) is 12.4. The molecule has 47 heavy (non-hydrogen) atoms. The number of hydrogen-bond donors (Lipinski definition) is 1. The van der Waals surface area contributed by atoms with Crippen LogP contribution in [0, 0.1) is 20.8 Å². The van der Waals surface area contributed by atoms with Gasteiger partial charge in [-0.2, -0.15) is 0 Å². The molecule has 4 aromatic rings. The van der Waals surface area contributed by atoms with Crippen LogP contribution in [0.1, 0.15) is 44.6 Å². The number of para-hydroxylation sites is 1. The molecule has 0 saturated carbocycles. The molecule has 242 valence electrons. The molecular formula is C39H41ClN4O2S. The summed E-state index contributed by atoms with van der Waals surface area (Å²) in [6.45, 7) is 12.3. The van der Waals surface area contributed by atoms with Gasteiger partial charge in [0.1, 0.15) is 0 Å². The molecule has 2 amide bonds. The third kappa shape index (κ3) is 7.92. The van der Waals surface area contributed by atoms with E-state index in [2.05, 4.69) is 72.3 Å². The number of nitrogens with one attached hydrogen (secondary N) is 1. The molecule has 0 bridgehead atoms. The van der Waals surface area contributed by atoms with Crippen LogP contribution in [-0.4, -0.2) is 56.0 Å². The summed E-state index contributed by atoms with van der Waals surface area (Å²) in [5.74, 6) is -0.0976. The number of aryl methyl sites for hydroxylation is 3. The minimum absolute atomic E-state index is 0.0163. The quantitative estimate of drug-likeness (QED) is 0.146. The fourth-order valence-corrected chi connectivity index (χ4v) is 7.41. The number of amides is 2. The van der Waals surface area contributed by atoms with E-state index in [4.69, 9.17) is 11.6 Å². The molecule has 0 aromatic heterocycles. The molecule has 0 atom stereocenters. The molecule has 0 spiro atoms. The molecule has 2 aliphatic rings. The van der Waals surface area contributed by atoms with Crippen LogP contribution in [0.3, 0.4) is 0 Å². The minimum atomic E-state index is -0.0813. The predicted octanol–water partition coefficient (Wildman–Crippen LogP) is 7.89. The number of benzene rings is 4. The SMILES string of the molecule is Cc1ccc(C)c(CN2C(=O)/C(=C/c3ccc(C(=O)NCCCN4CCN(c5cc(Cl)ccc5C)CC4)cc3)Sc3ccccc32)c1. The molecule has 0 aliphatic carbocycles. The summed E-state index contributed by atoms with van der Waals surface area (Å²) in [6, 6.07) is 28.0. The maximum atomic E-state index is 13.8. The molecule has 4 aromatic carbocycles. The Morgan fingerprint density at radius 3 is 2.40 bits per heavy atom. The van der Waals surface area contributed by atoms with Crippen LogP contribution in [0.2, 0.25) is 5.02 Å². The fraction of sp³-hybridized carbons (Fsp3) is 0.282. The van der Waals surface area contributed by atoms with E-state index in [9.17, 15) is 9.59 Å². The van der Waals surface area contributed by atoms with Crippen molar-refractivity contribution in [2.24, 2.45) is 0 Å². The monoisotopic (exact) mass is 664 g/mol. The summed E-state index contributed by atoms with van der Waals surface area (Å²) < 4.78 is 0. The van der Waals surface area contributed by atoms with Gasteiger partial charge in [0.05, 0.1) is 17.1 Å². The smallest absolute Gasteiger partial charge is 0.265 e. The van der Waals surface area contributed by atoms with E-state index in [-0.39, 0.29) is 11.8 Å². The zero-order chi connectivity index (χ0) is 32.9. The first-order valence-corrected chi connectivity index (χ1v) is 17.4. The highest BCUT2D eigenvalue weighted by Crippen LogP contribution is 2.42. The Morgan fingerprint density at radius 2 is 1.62 bits per heavy atom. The largest absolute Gasteiger partial charge is 0.369 e. The van der Waals surface area contributed by atoms with Gasteiger partial charge in [0.15, 0.2) is 0 Å². The number of anilines is 2. The first-order chi connectivity index (χ1) is 22.7. The van der Waals surface area contributed by atoms with Gasteiger partial charge in [0.25, 0.3) is 11.8 Å². The standard InChI is InChI=1S/C39H41ClN4O2S/c1-27-9-10-28(2)32(23-27)26-44-34-7-4-5-8-36(34)47-37(39(44)46)24-30-12-14-31(15-13-30)38(45)41-17-6-18-42-19-21-43(22-20-42)35-25-33(40)16-11-29(35)3/h4-5,7-16,23-25H,6,17-22,26H2,1-3H3,(H,41,45)/b37-24-. The van der Waals surface area contributed by atoms with Crippen molar-refractivity contribution < 1.29 is 9.59 Å². The van der Waals surface area contributed by atoms with E-state index in [1.165, 1.54) is 34.1 Å². The van der Waals surface area contributed by atoms with Gasteiger partial charge in [-0.1, -0.05) is 77.5 Å². The number of thioether (sulfide) groups is 1. The normalized spacial score (nSPS) is 16.0. The lowest BCUT2D eigenvalue weighted by atomic mass is 10.0. The van der Waals surface area contributed by atoms with Crippen LogP contribution in [0.25, 0.3) is 6.08 Å². The molecule has 8 heteroatoms. The maximum absolute atomic E-state index is 13.8. The van der Waals surface area contributed by atoms with Gasteiger partial charge in [-0.3, -0.25) is 14.5 Å². The van der Waals surface area contributed by atoms with Crippen LogP contribution in [0.5, 0.6) is 0 Å². The first kappa shape index (κ1) is 32.9. The van der Waals surface area contributed by atoms with Crippen molar-refractivity contribution in [3.8, 4) is 0 Å². The molecule has 1 saturated heterocycles. The van der Waals surface area contributed by atoms with Gasteiger partial charge in [-0.15, -0.1) is 0 Å². The van der Waals surface area contributed by atoms with Crippen LogP contribution in [-0.2, 0) is 11.3 Å². The lowest BCUT2D eigenvalue weighted by molar-refractivity contribution is -0.114. The van der Waals surface area contributed by atoms with Crippen LogP contribution >= 0.6 is 23.4 Å². The van der Waals surface area contributed by atoms with Gasteiger partial charge in [0, 0.05) is 53.9 Å². The number of fused-ring (bicyclic) bond motifs is 1. The van der Waals surface area contributed by atoms with Gasteiger partial charge < -0.3 is 15.1 Å². The van der Waals surface area contributed by atoms with Gasteiger partial charge in [-0.25, -0.2) is 0 Å². The molecule has 0 unspecified atom stereocenters. The van der Waals surface area contributed by atoms with Gasteiger partial charge >= 0.3 is 0 Å². The first-order valence-electron chi connectivity index (χ1n) is 16.2. The average molecular weight is 665 g/mol. The molecule has 1 fully saturated rings. The summed E-state index contributed by atoms with van der Waals surface area (Å²) in [5, 5.41) is 3.85. The summed E-state index contributed by atoms with van der Waals surface area (Å²) in [4.78, 5) is 35.1. The second-order valence-corrected chi connectivity index (χ2v) is 13.9. The van der Waals surface area contributed by atoms with Crippen LogP contribution < -0.4 is 15.1 Å². The van der Waals surface area contributed by atoms with Gasteiger partial charge in [-0.05, 0) is 98.5 Å². The average Bonchev–Trinajstić information content (AvgIpc) is 3.08. The molecule has 6 rings (SSSR count). The zero-order valence-corrected chi connectivity index (χ0v) is 28.8. The molecule has 1 N–H and O–H groups in total. The van der Waals surface area contributed by atoms with Crippen LogP contribution in [0.4, 0.5) is 11.4 Å². The Bertz CT molecular complexity index is 1800. The number of carbonyl (C=O) groups excluding carboxylic acids is 2. The van der Waals surface area contributed by atoms with E-state index in [1.807, 2.05) is 59.5 Å². The fourth-order valence-electron chi connectivity index (χ4n) is 6.18. The molecule has 2 heterocycles. The summed E-state index contributed by atoms with van der Waals surface area (Å²) in [5.41, 5.74) is 8.38. The van der Waals surface area contributed by atoms with E-state index < -0.39 is 0 Å². The Morgan fingerprint density at radius 1 is 0.872 bits per heavy atom. The van der Waals surface area contributed by atoms with E-state index in [1.54, 1.807) is 0 Å². The van der Waals surface area contributed by atoms with Gasteiger partial charge in [0.2, 0.25) is 0 Å². The van der Waals surface area contributed by atoms with Crippen molar-refractivity contribution in [2.75, 3.05) is 49.1 Å². The highest BCUT2D eigenvalue weighted by Gasteiger charge is 2.29. The predicted molar refractivity (Wildman–Crippen MR) is 196 cm³/mol. The van der Waals surface area contributed by atoms with Crippen molar-refractivity contribution >= 4 is 52.6 Å². The number of halogens is 1. The Hall–Kier alpha value is -4.04. The number of piperazine rings is 1. The topological polar surface area (TPSA) is 55.9 Å². The van der Waals surface area contributed by atoms with Crippen molar-refractivity contribution in [3.63, 3.8) is 0 Å².